The highest BCUT2D eigenvalue weighted by Crippen LogP contribution is 2.26. The van der Waals surface area contributed by atoms with E-state index in [9.17, 15) is 9.18 Å². The average molecular weight is 263 g/mol. The van der Waals surface area contributed by atoms with Gasteiger partial charge in [0.05, 0.1) is 5.69 Å². The molecule has 0 aliphatic carbocycles. The summed E-state index contributed by atoms with van der Waals surface area (Å²) in [4.78, 5) is 10.9. The summed E-state index contributed by atoms with van der Waals surface area (Å²) in [6.07, 6.45) is 0. The first-order valence-corrected chi connectivity index (χ1v) is 6.16. The van der Waals surface area contributed by atoms with Gasteiger partial charge in [0.15, 0.2) is 5.82 Å². The average Bonchev–Trinajstić information content (AvgIpc) is 2.73. The number of H-pyrrole nitrogens is 1. The zero-order chi connectivity index (χ0) is 14.4. The van der Waals surface area contributed by atoms with E-state index in [-0.39, 0.29) is 11.7 Å². The SMILES string of the molecule is CC.CC(=O)Nc1n[nH]c(-c2cccc(F)c2)c1C. The Morgan fingerprint density at radius 3 is 2.63 bits per heavy atom. The highest BCUT2D eigenvalue weighted by Gasteiger charge is 2.11. The van der Waals surface area contributed by atoms with Crippen LogP contribution in [-0.2, 0) is 4.79 Å². The molecule has 0 unspecified atom stereocenters. The third-order valence-electron chi connectivity index (χ3n) is 2.42. The van der Waals surface area contributed by atoms with E-state index in [1.807, 2.05) is 20.8 Å². The minimum Gasteiger partial charge on any atom is -0.309 e. The van der Waals surface area contributed by atoms with Gasteiger partial charge in [-0.2, -0.15) is 5.10 Å². The summed E-state index contributed by atoms with van der Waals surface area (Å²) >= 11 is 0. The second-order valence-electron chi connectivity index (χ2n) is 3.76. The fourth-order valence-corrected chi connectivity index (χ4v) is 1.61. The maximum atomic E-state index is 13.1. The molecule has 0 radical (unpaired) electrons. The second kappa shape index (κ2) is 6.68. The van der Waals surface area contributed by atoms with Crippen LogP contribution in [0.5, 0.6) is 0 Å². The Morgan fingerprint density at radius 2 is 2.05 bits per heavy atom. The molecule has 2 rings (SSSR count). The van der Waals surface area contributed by atoms with E-state index in [1.54, 1.807) is 12.1 Å². The molecule has 19 heavy (non-hydrogen) atoms. The summed E-state index contributed by atoms with van der Waals surface area (Å²) in [6.45, 7) is 7.23. The molecule has 2 aromatic rings. The number of nitrogens with one attached hydrogen (secondary N) is 2. The standard InChI is InChI=1S/C12H12FN3O.C2H6/c1-7-11(9-4-3-5-10(13)6-9)15-16-12(7)14-8(2)17;1-2/h3-6H,1-2H3,(H2,14,15,16,17);1-2H3. The van der Waals surface area contributed by atoms with Gasteiger partial charge in [0.2, 0.25) is 5.91 Å². The van der Waals surface area contributed by atoms with Crippen LogP contribution in [0.25, 0.3) is 11.3 Å². The lowest BCUT2D eigenvalue weighted by molar-refractivity contribution is -0.114. The number of aromatic amines is 1. The van der Waals surface area contributed by atoms with E-state index in [2.05, 4.69) is 15.5 Å². The van der Waals surface area contributed by atoms with E-state index >= 15 is 0 Å². The molecule has 0 aliphatic rings. The monoisotopic (exact) mass is 263 g/mol. The molecule has 1 amide bonds. The Bertz CT molecular complexity index is 564. The minimum atomic E-state index is -0.308. The maximum absolute atomic E-state index is 13.1. The third-order valence-corrected chi connectivity index (χ3v) is 2.42. The Balaban J connectivity index is 0.000000861. The molecule has 0 bridgehead atoms. The molecule has 0 atom stereocenters. The predicted molar refractivity (Wildman–Crippen MR) is 74.4 cm³/mol. The van der Waals surface area contributed by atoms with Gasteiger partial charge >= 0.3 is 0 Å². The summed E-state index contributed by atoms with van der Waals surface area (Å²) in [5.41, 5.74) is 2.19. The number of amides is 1. The lowest BCUT2D eigenvalue weighted by atomic mass is 10.1. The molecule has 5 heteroatoms. The number of nitrogens with zero attached hydrogens (tertiary/aromatic N) is 1. The van der Waals surface area contributed by atoms with Gasteiger partial charge in [-0.3, -0.25) is 9.89 Å². The molecule has 0 saturated heterocycles. The molecular formula is C14H18FN3O. The lowest BCUT2D eigenvalue weighted by Gasteiger charge is -2.01. The molecule has 0 aliphatic heterocycles. The van der Waals surface area contributed by atoms with Gasteiger partial charge in [-0.25, -0.2) is 4.39 Å². The van der Waals surface area contributed by atoms with Gasteiger partial charge in [-0.05, 0) is 19.1 Å². The van der Waals surface area contributed by atoms with Gasteiger partial charge < -0.3 is 5.32 Å². The Labute approximate surface area is 112 Å². The van der Waals surface area contributed by atoms with E-state index < -0.39 is 0 Å². The fourth-order valence-electron chi connectivity index (χ4n) is 1.61. The molecule has 0 spiro atoms. The summed E-state index contributed by atoms with van der Waals surface area (Å²) in [5, 5.41) is 9.38. The van der Waals surface area contributed by atoms with Crippen LogP contribution in [0.15, 0.2) is 24.3 Å². The van der Waals surface area contributed by atoms with Crippen LogP contribution in [0.3, 0.4) is 0 Å². The van der Waals surface area contributed by atoms with Gasteiger partial charge in [0.25, 0.3) is 0 Å². The number of carbonyl (C=O) groups is 1. The first-order chi connectivity index (χ1) is 9.08. The second-order valence-corrected chi connectivity index (χ2v) is 3.76. The summed E-state index contributed by atoms with van der Waals surface area (Å²) in [5.74, 6) is -0.0280. The van der Waals surface area contributed by atoms with Crippen molar-refractivity contribution in [1.29, 1.82) is 0 Å². The maximum Gasteiger partial charge on any atom is 0.222 e. The topological polar surface area (TPSA) is 57.8 Å². The van der Waals surface area contributed by atoms with Crippen molar-refractivity contribution < 1.29 is 9.18 Å². The van der Waals surface area contributed by atoms with Crippen molar-refractivity contribution in [3.63, 3.8) is 0 Å². The Kier molecular flexibility index (Phi) is 5.23. The number of benzene rings is 1. The molecule has 1 heterocycles. The van der Waals surface area contributed by atoms with Crippen molar-refractivity contribution in [2.24, 2.45) is 0 Å². The molecule has 4 nitrogen and oxygen atoms in total. The molecule has 102 valence electrons. The Morgan fingerprint density at radius 1 is 1.37 bits per heavy atom. The van der Waals surface area contributed by atoms with Crippen LogP contribution in [0.4, 0.5) is 10.2 Å². The van der Waals surface area contributed by atoms with Crippen LogP contribution in [0.2, 0.25) is 0 Å². The van der Waals surface area contributed by atoms with Crippen molar-refractivity contribution in [3.05, 3.63) is 35.6 Å². The van der Waals surface area contributed by atoms with Crippen molar-refractivity contribution in [2.75, 3.05) is 5.32 Å². The normalized spacial score (nSPS) is 9.53. The number of hydrogen-bond acceptors (Lipinski definition) is 2. The van der Waals surface area contributed by atoms with Gasteiger partial charge in [-0.1, -0.05) is 26.0 Å². The quantitative estimate of drug-likeness (QED) is 0.871. The highest BCUT2D eigenvalue weighted by molar-refractivity contribution is 5.89. The summed E-state index contributed by atoms with van der Waals surface area (Å²) in [7, 11) is 0. The molecular weight excluding hydrogens is 245 g/mol. The largest absolute Gasteiger partial charge is 0.309 e. The smallest absolute Gasteiger partial charge is 0.222 e. The van der Waals surface area contributed by atoms with Crippen LogP contribution >= 0.6 is 0 Å². The number of aromatic nitrogens is 2. The number of halogens is 1. The van der Waals surface area contributed by atoms with Crippen LogP contribution in [-0.4, -0.2) is 16.1 Å². The predicted octanol–water partition coefficient (Wildman–Crippen LogP) is 3.51. The van der Waals surface area contributed by atoms with E-state index in [1.165, 1.54) is 19.1 Å². The van der Waals surface area contributed by atoms with E-state index in [0.29, 0.717) is 17.1 Å². The molecule has 1 aromatic carbocycles. The fraction of sp³-hybridized carbons (Fsp3) is 0.286. The molecule has 0 saturated carbocycles. The van der Waals surface area contributed by atoms with Crippen molar-refractivity contribution >= 4 is 11.7 Å². The minimum absolute atomic E-state index is 0.189. The third kappa shape index (κ3) is 3.64. The van der Waals surface area contributed by atoms with Crippen LogP contribution in [0, 0.1) is 12.7 Å². The van der Waals surface area contributed by atoms with Gasteiger partial charge in [0, 0.05) is 18.1 Å². The molecule has 2 N–H and O–H groups in total. The lowest BCUT2D eigenvalue weighted by Crippen LogP contribution is -2.06. The van der Waals surface area contributed by atoms with E-state index in [0.717, 1.165) is 5.56 Å². The summed E-state index contributed by atoms with van der Waals surface area (Å²) in [6, 6.07) is 6.20. The first kappa shape index (κ1) is 14.9. The zero-order valence-electron chi connectivity index (χ0n) is 11.5. The number of carbonyl (C=O) groups excluding carboxylic acids is 1. The number of rotatable bonds is 2. The number of anilines is 1. The first-order valence-electron chi connectivity index (χ1n) is 6.16. The van der Waals surface area contributed by atoms with Gasteiger partial charge in [-0.15, -0.1) is 0 Å². The van der Waals surface area contributed by atoms with Crippen molar-refractivity contribution in [1.82, 2.24) is 10.2 Å². The number of hydrogen-bond donors (Lipinski definition) is 2. The molecule has 1 aromatic heterocycles. The van der Waals surface area contributed by atoms with E-state index in [4.69, 9.17) is 0 Å². The highest BCUT2D eigenvalue weighted by atomic mass is 19.1. The molecule has 0 fully saturated rings. The van der Waals surface area contributed by atoms with Crippen molar-refractivity contribution in [3.8, 4) is 11.3 Å². The van der Waals surface area contributed by atoms with Crippen molar-refractivity contribution in [2.45, 2.75) is 27.7 Å². The zero-order valence-corrected chi connectivity index (χ0v) is 11.5. The van der Waals surface area contributed by atoms with Crippen LogP contribution < -0.4 is 5.32 Å². The van der Waals surface area contributed by atoms with Gasteiger partial charge in [0.1, 0.15) is 5.82 Å². The summed E-state index contributed by atoms with van der Waals surface area (Å²) < 4.78 is 13.1. The van der Waals surface area contributed by atoms with Crippen LogP contribution in [0.1, 0.15) is 26.3 Å². The Hall–Kier alpha value is -2.17.